The number of amides is 1. The van der Waals surface area contributed by atoms with Gasteiger partial charge in [-0.1, -0.05) is 48.6 Å². The molecule has 0 heterocycles. The maximum Gasteiger partial charge on any atom is 0.308 e. The second kappa shape index (κ2) is 9.85. The Bertz CT molecular complexity index is 900. The van der Waals surface area contributed by atoms with Crippen molar-refractivity contribution >= 4 is 11.9 Å². The Balaban J connectivity index is 1.84. The number of ether oxygens (including phenoxy) is 2. The molecule has 2 unspecified atom stereocenters. The van der Waals surface area contributed by atoms with E-state index in [9.17, 15) is 9.59 Å². The summed E-state index contributed by atoms with van der Waals surface area (Å²) in [6.45, 7) is 1.34. The molecule has 0 aliphatic heterocycles. The van der Waals surface area contributed by atoms with Gasteiger partial charge in [-0.3, -0.25) is 9.59 Å². The summed E-state index contributed by atoms with van der Waals surface area (Å²) in [6, 6.07) is 16.0. The molecule has 1 aliphatic carbocycles. The summed E-state index contributed by atoms with van der Waals surface area (Å²) in [5.74, 6) is -0.214. The number of allylic oxidation sites excluding steroid dienone is 2. The van der Waals surface area contributed by atoms with E-state index in [0.29, 0.717) is 11.3 Å². The van der Waals surface area contributed by atoms with Gasteiger partial charge in [0.2, 0.25) is 0 Å². The molecular formula is C24H25NO4. The lowest BCUT2D eigenvalue weighted by Crippen LogP contribution is -2.41. The maximum absolute atomic E-state index is 13.0. The van der Waals surface area contributed by atoms with Crippen LogP contribution in [-0.2, 0) is 9.53 Å². The van der Waals surface area contributed by atoms with E-state index >= 15 is 0 Å². The van der Waals surface area contributed by atoms with Crippen LogP contribution in [0.5, 0.6) is 5.75 Å². The van der Waals surface area contributed by atoms with E-state index in [2.05, 4.69) is 17.5 Å². The highest BCUT2D eigenvalue weighted by Crippen LogP contribution is 2.28. The first-order valence-corrected chi connectivity index (χ1v) is 9.62. The Morgan fingerprint density at radius 1 is 1.00 bits per heavy atom. The summed E-state index contributed by atoms with van der Waals surface area (Å²) in [5.41, 5.74) is 2.50. The fraction of sp³-hybridized carbons (Fsp3) is 0.250. The molecule has 5 nitrogen and oxygen atoms in total. The van der Waals surface area contributed by atoms with E-state index in [1.165, 1.54) is 6.92 Å². The van der Waals surface area contributed by atoms with Gasteiger partial charge in [0.15, 0.2) is 0 Å². The molecule has 2 atom stereocenters. The minimum absolute atomic E-state index is 0.220. The number of benzene rings is 2. The average molecular weight is 391 g/mol. The van der Waals surface area contributed by atoms with Crippen LogP contribution in [0.1, 0.15) is 41.8 Å². The normalized spacial score (nSPS) is 15.2. The fourth-order valence-corrected chi connectivity index (χ4v) is 3.37. The topological polar surface area (TPSA) is 64.6 Å². The summed E-state index contributed by atoms with van der Waals surface area (Å²) in [4.78, 5) is 24.0. The molecule has 0 fully saturated rings. The molecule has 2 aromatic rings. The number of esters is 1. The first kappa shape index (κ1) is 20.6. The zero-order valence-electron chi connectivity index (χ0n) is 16.6. The SMILES string of the molecule is COC(c1ccccc1)C(NC(=O)c1ccc(OC(C)=O)cc1)C1=CCCC=C1. The lowest BCUT2D eigenvalue weighted by molar-refractivity contribution is -0.131. The van der Waals surface area contributed by atoms with Crippen LogP contribution in [0.4, 0.5) is 0 Å². The molecule has 150 valence electrons. The molecule has 0 bridgehead atoms. The Kier molecular flexibility index (Phi) is 6.98. The van der Waals surface area contributed by atoms with Crippen LogP contribution >= 0.6 is 0 Å². The van der Waals surface area contributed by atoms with E-state index in [1.54, 1.807) is 31.4 Å². The lowest BCUT2D eigenvalue weighted by atomic mass is 9.91. The fourth-order valence-electron chi connectivity index (χ4n) is 3.37. The molecule has 1 N–H and O–H groups in total. The van der Waals surface area contributed by atoms with Gasteiger partial charge < -0.3 is 14.8 Å². The predicted molar refractivity (Wildman–Crippen MR) is 112 cm³/mol. The van der Waals surface area contributed by atoms with Crippen LogP contribution < -0.4 is 10.1 Å². The van der Waals surface area contributed by atoms with E-state index in [0.717, 1.165) is 24.0 Å². The van der Waals surface area contributed by atoms with E-state index in [-0.39, 0.29) is 18.1 Å². The number of hydrogen-bond acceptors (Lipinski definition) is 4. The van der Waals surface area contributed by atoms with Crippen LogP contribution in [0.15, 0.2) is 78.4 Å². The van der Waals surface area contributed by atoms with Crippen molar-refractivity contribution in [3.63, 3.8) is 0 Å². The number of carbonyl (C=O) groups is 2. The van der Waals surface area contributed by atoms with Crippen molar-refractivity contribution in [2.75, 3.05) is 7.11 Å². The minimum atomic E-state index is -0.399. The molecule has 0 aromatic heterocycles. The average Bonchev–Trinajstić information content (AvgIpc) is 2.75. The van der Waals surface area contributed by atoms with Crippen molar-refractivity contribution in [1.82, 2.24) is 5.32 Å². The van der Waals surface area contributed by atoms with Crippen molar-refractivity contribution in [3.8, 4) is 5.75 Å². The molecule has 0 saturated heterocycles. The van der Waals surface area contributed by atoms with E-state index in [1.807, 2.05) is 36.4 Å². The molecule has 0 spiro atoms. The Morgan fingerprint density at radius 2 is 1.72 bits per heavy atom. The molecule has 1 amide bonds. The number of methoxy groups -OCH3 is 1. The predicted octanol–water partition coefficient (Wildman–Crippen LogP) is 4.37. The van der Waals surface area contributed by atoms with Crippen molar-refractivity contribution in [1.29, 1.82) is 0 Å². The highest BCUT2D eigenvalue weighted by molar-refractivity contribution is 5.94. The standard InChI is InChI=1S/C24H25NO4/c1-17(26)29-21-15-13-20(14-16-21)24(27)25-22(18-9-5-3-6-10-18)23(28-2)19-11-7-4-8-12-19/h4-5,7-16,22-23H,3,6H2,1-2H3,(H,25,27). The summed E-state index contributed by atoms with van der Waals surface area (Å²) < 4.78 is 10.8. The first-order chi connectivity index (χ1) is 14.1. The van der Waals surface area contributed by atoms with Gasteiger partial charge in [0.1, 0.15) is 11.9 Å². The van der Waals surface area contributed by atoms with Crippen molar-refractivity contribution in [2.45, 2.75) is 31.9 Å². The summed E-state index contributed by atoms with van der Waals surface area (Å²) >= 11 is 0. The third-order valence-electron chi connectivity index (χ3n) is 4.73. The maximum atomic E-state index is 13.0. The molecule has 1 aliphatic rings. The molecule has 2 aromatic carbocycles. The number of carbonyl (C=O) groups excluding carboxylic acids is 2. The molecule has 5 heteroatoms. The van der Waals surface area contributed by atoms with Crippen LogP contribution in [0.25, 0.3) is 0 Å². The number of nitrogens with one attached hydrogen (secondary N) is 1. The third-order valence-corrected chi connectivity index (χ3v) is 4.73. The van der Waals surface area contributed by atoms with Gasteiger partial charge in [-0.2, -0.15) is 0 Å². The number of rotatable bonds is 7. The smallest absolute Gasteiger partial charge is 0.308 e. The van der Waals surface area contributed by atoms with E-state index in [4.69, 9.17) is 9.47 Å². The summed E-state index contributed by atoms with van der Waals surface area (Å²) in [6.07, 6.45) is 7.90. The highest BCUT2D eigenvalue weighted by atomic mass is 16.5. The van der Waals surface area contributed by atoms with Gasteiger partial charge in [-0.25, -0.2) is 0 Å². The van der Waals surface area contributed by atoms with Crippen LogP contribution in [0.3, 0.4) is 0 Å². The van der Waals surface area contributed by atoms with Crippen molar-refractivity contribution < 1.29 is 19.1 Å². The van der Waals surface area contributed by atoms with Gasteiger partial charge in [-0.15, -0.1) is 0 Å². The van der Waals surface area contributed by atoms with Crippen molar-refractivity contribution in [2.24, 2.45) is 0 Å². The van der Waals surface area contributed by atoms with Crippen LogP contribution in [0, 0.1) is 0 Å². The van der Waals surface area contributed by atoms with Crippen LogP contribution in [0.2, 0.25) is 0 Å². The second-order valence-electron chi connectivity index (χ2n) is 6.82. The monoisotopic (exact) mass is 391 g/mol. The van der Waals surface area contributed by atoms with E-state index < -0.39 is 5.97 Å². The zero-order valence-corrected chi connectivity index (χ0v) is 16.6. The largest absolute Gasteiger partial charge is 0.427 e. The molecule has 0 radical (unpaired) electrons. The van der Waals surface area contributed by atoms with Crippen molar-refractivity contribution in [3.05, 3.63) is 89.5 Å². The minimum Gasteiger partial charge on any atom is -0.427 e. The molecular weight excluding hydrogens is 366 g/mol. The second-order valence-corrected chi connectivity index (χ2v) is 6.82. The van der Waals surface area contributed by atoms with Gasteiger partial charge >= 0.3 is 5.97 Å². The quantitative estimate of drug-likeness (QED) is 0.562. The molecule has 3 rings (SSSR count). The third kappa shape index (κ3) is 5.42. The Hall–Kier alpha value is -3.18. The number of hydrogen-bond donors (Lipinski definition) is 1. The van der Waals surface area contributed by atoms with Gasteiger partial charge in [0.25, 0.3) is 5.91 Å². The summed E-state index contributed by atoms with van der Waals surface area (Å²) in [5, 5.41) is 3.12. The Labute approximate surface area is 171 Å². The summed E-state index contributed by atoms with van der Waals surface area (Å²) in [7, 11) is 1.65. The van der Waals surface area contributed by atoms with Gasteiger partial charge in [0.05, 0.1) is 6.04 Å². The first-order valence-electron chi connectivity index (χ1n) is 9.62. The highest BCUT2D eigenvalue weighted by Gasteiger charge is 2.28. The molecule has 29 heavy (non-hydrogen) atoms. The Morgan fingerprint density at radius 3 is 2.31 bits per heavy atom. The lowest BCUT2D eigenvalue weighted by Gasteiger charge is -2.29. The van der Waals surface area contributed by atoms with Gasteiger partial charge in [0, 0.05) is 19.6 Å². The zero-order chi connectivity index (χ0) is 20.6. The molecule has 0 saturated carbocycles. The van der Waals surface area contributed by atoms with Crippen LogP contribution in [-0.4, -0.2) is 25.0 Å². The van der Waals surface area contributed by atoms with Gasteiger partial charge in [-0.05, 0) is 48.2 Å².